The Balaban J connectivity index is 1.23. The number of likely N-dealkylation sites (tertiary alicyclic amines) is 2. The molecule has 8 heteroatoms. The first-order valence-electron chi connectivity index (χ1n) is 13.8. The number of carbonyl (C=O) groups is 2. The normalized spacial score (nSPS) is 17.7. The smallest absolute Gasteiger partial charge is 0.410 e. The van der Waals surface area contributed by atoms with Gasteiger partial charge < -0.3 is 14.5 Å². The van der Waals surface area contributed by atoms with Gasteiger partial charge in [0.2, 0.25) is 0 Å². The van der Waals surface area contributed by atoms with Gasteiger partial charge in [0.1, 0.15) is 11.6 Å². The molecule has 0 unspecified atom stereocenters. The highest BCUT2D eigenvalue weighted by molar-refractivity contribution is 5.95. The van der Waals surface area contributed by atoms with E-state index in [-0.39, 0.29) is 23.7 Å². The molecule has 0 bridgehead atoms. The summed E-state index contributed by atoms with van der Waals surface area (Å²) in [5, 5.41) is 4.61. The fourth-order valence-electron chi connectivity index (χ4n) is 5.81. The number of hydrogen-bond donors (Lipinski definition) is 0. The Morgan fingerprint density at radius 3 is 2.10 bits per heavy atom. The van der Waals surface area contributed by atoms with Crippen LogP contribution in [0.4, 0.5) is 9.18 Å². The summed E-state index contributed by atoms with van der Waals surface area (Å²) in [5.74, 6) is 0.450. The van der Waals surface area contributed by atoms with E-state index < -0.39 is 0 Å². The third-order valence-corrected chi connectivity index (χ3v) is 7.94. The Labute approximate surface area is 232 Å². The predicted octanol–water partition coefficient (Wildman–Crippen LogP) is 6.02. The summed E-state index contributed by atoms with van der Waals surface area (Å²) in [6.07, 6.45) is 3.50. The van der Waals surface area contributed by atoms with Gasteiger partial charge in [0.25, 0.3) is 5.91 Å². The van der Waals surface area contributed by atoms with E-state index in [1.165, 1.54) is 17.7 Å². The average Bonchev–Trinajstić information content (AvgIpc) is 3.67. The van der Waals surface area contributed by atoms with Crippen LogP contribution in [0.1, 0.15) is 52.7 Å². The van der Waals surface area contributed by atoms with Crippen molar-refractivity contribution >= 4 is 12.0 Å². The van der Waals surface area contributed by atoms with Gasteiger partial charge in [-0.1, -0.05) is 48.5 Å². The SMILES string of the molecule is O=C(Oc1ccccc1)N1CCC(c2c(C(=O)N3CC[C@H](c4ccccc4)C3)cnn2-c2ccc(F)cc2)CC1. The van der Waals surface area contributed by atoms with E-state index in [0.717, 1.165) is 12.1 Å². The van der Waals surface area contributed by atoms with Crippen LogP contribution in [0.2, 0.25) is 0 Å². The minimum absolute atomic E-state index is 0.000184. The number of carbonyl (C=O) groups excluding carboxylic acids is 2. The van der Waals surface area contributed by atoms with Crippen molar-refractivity contribution in [3.63, 3.8) is 0 Å². The first kappa shape index (κ1) is 25.8. The molecule has 4 aromatic rings. The number of benzene rings is 3. The van der Waals surface area contributed by atoms with E-state index in [1.54, 1.807) is 40.0 Å². The van der Waals surface area contributed by atoms with E-state index in [0.29, 0.717) is 61.9 Å². The lowest BCUT2D eigenvalue weighted by molar-refractivity contribution is 0.0787. The molecule has 6 rings (SSSR count). The summed E-state index contributed by atoms with van der Waals surface area (Å²) in [7, 11) is 0. The number of ether oxygens (including phenoxy) is 1. The van der Waals surface area contributed by atoms with E-state index in [1.807, 2.05) is 41.3 Å². The van der Waals surface area contributed by atoms with Gasteiger partial charge in [-0.3, -0.25) is 4.79 Å². The van der Waals surface area contributed by atoms with Crippen molar-refractivity contribution in [1.82, 2.24) is 19.6 Å². The van der Waals surface area contributed by atoms with E-state index in [4.69, 9.17) is 4.74 Å². The summed E-state index contributed by atoms with van der Waals surface area (Å²) in [6, 6.07) is 25.5. The zero-order valence-electron chi connectivity index (χ0n) is 22.2. The van der Waals surface area contributed by atoms with E-state index in [2.05, 4.69) is 17.2 Å². The molecule has 3 aromatic carbocycles. The van der Waals surface area contributed by atoms with Crippen molar-refractivity contribution in [3.05, 3.63) is 114 Å². The summed E-state index contributed by atoms with van der Waals surface area (Å²) in [6.45, 7) is 2.34. The van der Waals surface area contributed by atoms with E-state index in [9.17, 15) is 14.0 Å². The lowest BCUT2D eigenvalue weighted by atomic mass is 9.90. The molecule has 40 heavy (non-hydrogen) atoms. The second kappa shape index (κ2) is 11.3. The summed E-state index contributed by atoms with van der Waals surface area (Å²) in [5.41, 5.74) is 3.33. The number of aromatic nitrogens is 2. The molecule has 2 amide bonds. The number of nitrogens with zero attached hydrogens (tertiary/aromatic N) is 4. The van der Waals surface area contributed by atoms with Gasteiger partial charge in [-0.25, -0.2) is 13.9 Å². The molecule has 0 aliphatic carbocycles. The Morgan fingerprint density at radius 2 is 1.40 bits per heavy atom. The summed E-state index contributed by atoms with van der Waals surface area (Å²) < 4.78 is 21.0. The number of piperidine rings is 1. The first-order chi connectivity index (χ1) is 19.6. The highest BCUT2D eigenvalue weighted by Crippen LogP contribution is 2.35. The third kappa shape index (κ3) is 5.34. The maximum absolute atomic E-state index is 13.9. The van der Waals surface area contributed by atoms with Crippen LogP contribution in [0, 0.1) is 5.82 Å². The Kier molecular flexibility index (Phi) is 7.31. The molecule has 2 aliphatic heterocycles. The quantitative estimate of drug-likeness (QED) is 0.312. The number of halogens is 1. The van der Waals surface area contributed by atoms with Crippen molar-refractivity contribution < 1.29 is 18.7 Å². The molecule has 0 saturated carbocycles. The van der Waals surface area contributed by atoms with Gasteiger partial charge in [0.15, 0.2) is 0 Å². The number of hydrogen-bond acceptors (Lipinski definition) is 4. The summed E-state index contributed by atoms with van der Waals surface area (Å²) >= 11 is 0. The number of para-hydroxylation sites is 1. The third-order valence-electron chi connectivity index (χ3n) is 7.94. The molecule has 0 N–H and O–H groups in total. The van der Waals surface area contributed by atoms with Crippen LogP contribution >= 0.6 is 0 Å². The molecule has 0 spiro atoms. The topological polar surface area (TPSA) is 67.7 Å². The predicted molar refractivity (Wildman–Crippen MR) is 149 cm³/mol. The zero-order valence-corrected chi connectivity index (χ0v) is 22.2. The van der Waals surface area contributed by atoms with Gasteiger partial charge in [-0.2, -0.15) is 5.10 Å². The highest BCUT2D eigenvalue weighted by atomic mass is 19.1. The molecule has 7 nitrogen and oxygen atoms in total. The number of rotatable bonds is 5. The molecule has 3 heterocycles. The van der Waals surface area contributed by atoms with Crippen molar-refractivity contribution in [2.45, 2.75) is 31.1 Å². The first-order valence-corrected chi connectivity index (χ1v) is 13.8. The molecule has 2 aliphatic rings. The monoisotopic (exact) mass is 538 g/mol. The van der Waals surface area contributed by atoms with Crippen molar-refractivity contribution in [3.8, 4) is 11.4 Å². The number of amides is 2. The fourth-order valence-corrected chi connectivity index (χ4v) is 5.81. The zero-order chi connectivity index (χ0) is 27.5. The van der Waals surface area contributed by atoms with Crippen LogP contribution in [0.15, 0.2) is 91.1 Å². The lowest BCUT2D eigenvalue weighted by Gasteiger charge is -2.32. The molecule has 204 valence electrons. The van der Waals surface area contributed by atoms with Crippen LogP contribution in [0.3, 0.4) is 0 Å². The van der Waals surface area contributed by atoms with Gasteiger partial charge in [0, 0.05) is 38.0 Å². The van der Waals surface area contributed by atoms with Gasteiger partial charge >= 0.3 is 6.09 Å². The van der Waals surface area contributed by atoms with Gasteiger partial charge in [-0.05, 0) is 61.2 Å². The van der Waals surface area contributed by atoms with Crippen LogP contribution in [0.25, 0.3) is 5.69 Å². The van der Waals surface area contributed by atoms with Crippen molar-refractivity contribution in [1.29, 1.82) is 0 Å². The van der Waals surface area contributed by atoms with Crippen molar-refractivity contribution in [2.24, 2.45) is 0 Å². The van der Waals surface area contributed by atoms with Crippen LogP contribution in [-0.4, -0.2) is 57.8 Å². The molecular weight excluding hydrogens is 507 g/mol. The largest absolute Gasteiger partial charge is 0.415 e. The van der Waals surface area contributed by atoms with Crippen LogP contribution in [-0.2, 0) is 0 Å². The van der Waals surface area contributed by atoms with Gasteiger partial charge in [0.05, 0.1) is 23.1 Å². The fraction of sp³-hybridized carbons (Fsp3) is 0.281. The van der Waals surface area contributed by atoms with Gasteiger partial charge in [-0.15, -0.1) is 0 Å². The highest BCUT2D eigenvalue weighted by Gasteiger charge is 2.34. The molecule has 1 aromatic heterocycles. The molecular formula is C32H31FN4O3. The second-order valence-corrected chi connectivity index (χ2v) is 10.4. The maximum atomic E-state index is 13.9. The van der Waals surface area contributed by atoms with Crippen LogP contribution in [0.5, 0.6) is 5.75 Å². The summed E-state index contributed by atoms with van der Waals surface area (Å²) in [4.78, 5) is 30.3. The molecule has 0 radical (unpaired) electrons. The maximum Gasteiger partial charge on any atom is 0.415 e. The van der Waals surface area contributed by atoms with E-state index >= 15 is 0 Å². The molecule has 1 atom stereocenters. The Bertz CT molecular complexity index is 1470. The minimum atomic E-state index is -0.378. The molecule has 2 fully saturated rings. The molecule has 2 saturated heterocycles. The lowest BCUT2D eigenvalue weighted by Crippen LogP contribution is -2.40. The van der Waals surface area contributed by atoms with Crippen molar-refractivity contribution in [2.75, 3.05) is 26.2 Å². The van der Waals surface area contributed by atoms with Crippen LogP contribution < -0.4 is 4.74 Å². The minimum Gasteiger partial charge on any atom is -0.410 e. The Hall–Kier alpha value is -4.46. The average molecular weight is 539 g/mol. The Morgan fingerprint density at radius 1 is 0.775 bits per heavy atom. The standard InChI is InChI=1S/C32H31FN4O3/c33-26-11-13-27(14-12-26)37-30(24-15-18-35(19-16-24)32(39)40-28-9-5-2-6-10-28)29(21-34-37)31(38)36-20-17-25(22-36)23-7-3-1-4-8-23/h1-14,21,24-25H,15-20,22H2/t25-/m0/s1. The second-order valence-electron chi connectivity index (χ2n) is 10.4.